The maximum absolute atomic E-state index is 10.5. The van der Waals surface area contributed by atoms with E-state index in [-0.39, 0.29) is 5.92 Å². The summed E-state index contributed by atoms with van der Waals surface area (Å²) in [6.45, 7) is 6.91. The fourth-order valence-corrected chi connectivity index (χ4v) is 1.14. The summed E-state index contributed by atoms with van der Waals surface area (Å²) < 4.78 is 0. The Morgan fingerprint density at radius 1 is 1.69 bits per heavy atom. The van der Waals surface area contributed by atoms with Crippen LogP contribution in [0.4, 0.5) is 0 Å². The van der Waals surface area contributed by atoms with E-state index in [1.807, 2.05) is 18.0 Å². The minimum atomic E-state index is -0.726. The van der Waals surface area contributed by atoms with Gasteiger partial charge in [0.25, 0.3) is 0 Å². The zero-order valence-corrected chi connectivity index (χ0v) is 8.49. The number of hydrogen-bond acceptors (Lipinski definition) is 2. The van der Waals surface area contributed by atoms with Gasteiger partial charge in [0.15, 0.2) is 0 Å². The molecule has 3 heteroatoms. The van der Waals surface area contributed by atoms with Crippen molar-refractivity contribution >= 4 is 5.97 Å². The highest BCUT2D eigenvalue weighted by molar-refractivity contribution is 5.69. The Balaban J connectivity index is 3.54. The van der Waals surface area contributed by atoms with E-state index in [9.17, 15) is 4.79 Å². The van der Waals surface area contributed by atoms with E-state index in [1.54, 1.807) is 6.92 Å². The van der Waals surface area contributed by atoms with Gasteiger partial charge in [0.05, 0.1) is 5.92 Å². The van der Waals surface area contributed by atoms with E-state index in [0.29, 0.717) is 6.54 Å². The highest BCUT2D eigenvalue weighted by Crippen LogP contribution is 2.00. The van der Waals surface area contributed by atoms with E-state index < -0.39 is 5.97 Å². The molecule has 13 heavy (non-hydrogen) atoms. The summed E-state index contributed by atoms with van der Waals surface area (Å²) in [5.41, 5.74) is 0. The first-order valence-electron chi connectivity index (χ1n) is 4.60. The van der Waals surface area contributed by atoms with Gasteiger partial charge >= 0.3 is 5.97 Å². The lowest BCUT2D eigenvalue weighted by Gasteiger charge is -2.18. The molecule has 76 valence electrons. The first kappa shape index (κ1) is 12.2. The summed E-state index contributed by atoms with van der Waals surface area (Å²) >= 11 is 0. The summed E-state index contributed by atoms with van der Waals surface area (Å²) in [4.78, 5) is 12.6. The molecule has 3 nitrogen and oxygen atoms in total. The lowest BCUT2D eigenvalue weighted by Crippen LogP contribution is -2.29. The number of unbranched alkanes of at least 4 members (excludes halogenated alkanes) is 1. The Bertz CT molecular complexity index is 168. The van der Waals surface area contributed by atoms with Crippen molar-refractivity contribution in [1.82, 2.24) is 4.90 Å². The second-order valence-electron chi connectivity index (χ2n) is 3.43. The predicted octanol–water partition coefficient (Wildman–Crippen LogP) is 1.61. The maximum atomic E-state index is 10.5. The fourth-order valence-electron chi connectivity index (χ4n) is 1.14. The second kappa shape index (κ2) is 6.66. The summed E-state index contributed by atoms with van der Waals surface area (Å²) in [6.07, 6.45) is 3.92. The number of hydrogen-bond donors (Lipinski definition) is 1. The number of carbonyl (C=O) groups is 1. The molecule has 0 aromatic rings. The number of rotatable bonds is 7. The second-order valence-corrected chi connectivity index (χ2v) is 3.43. The van der Waals surface area contributed by atoms with Gasteiger partial charge in [0.1, 0.15) is 0 Å². The Labute approximate surface area is 80.0 Å². The van der Waals surface area contributed by atoms with Gasteiger partial charge in [-0.3, -0.25) is 4.79 Å². The largest absolute Gasteiger partial charge is 0.481 e. The number of carboxylic acids is 1. The highest BCUT2D eigenvalue weighted by atomic mass is 16.4. The van der Waals surface area contributed by atoms with Crippen molar-refractivity contribution in [3.8, 4) is 0 Å². The third-order valence-corrected chi connectivity index (χ3v) is 1.96. The summed E-state index contributed by atoms with van der Waals surface area (Å²) in [6, 6.07) is 0. The zero-order chi connectivity index (χ0) is 10.3. The van der Waals surface area contributed by atoms with Crippen molar-refractivity contribution in [1.29, 1.82) is 0 Å². The van der Waals surface area contributed by atoms with Crippen LogP contribution >= 0.6 is 0 Å². The fraction of sp³-hybridized carbons (Fsp3) is 0.700. The van der Waals surface area contributed by atoms with Gasteiger partial charge in [-0.05, 0) is 26.4 Å². The standard InChI is InChI=1S/C10H19NO2/c1-4-5-6-7-11(3)8-9(2)10(12)13/h4,9H,1,5-8H2,2-3H3,(H,12,13). The average molecular weight is 185 g/mol. The molecule has 0 spiro atoms. The first-order valence-corrected chi connectivity index (χ1v) is 4.60. The Morgan fingerprint density at radius 2 is 2.31 bits per heavy atom. The maximum Gasteiger partial charge on any atom is 0.307 e. The smallest absolute Gasteiger partial charge is 0.307 e. The van der Waals surface area contributed by atoms with Crippen molar-refractivity contribution < 1.29 is 9.90 Å². The third-order valence-electron chi connectivity index (χ3n) is 1.96. The molecule has 0 aromatic heterocycles. The average Bonchev–Trinajstić information content (AvgIpc) is 2.04. The van der Waals surface area contributed by atoms with E-state index in [4.69, 9.17) is 5.11 Å². The molecular weight excluding hydrogens is 166 g/mol. The lowest BCUT2D eigenvalue weighted by molar-refractivity contribution is -0.141. The molecule has 0 saturated heterocycles. The van der Waals surface area contributed by atoms with Crippen molar-refractivity contribution in [3.63, 3.8) is 0 Å². The number of carboxylic acid groups (broad SMARTS) is 1. The van der Waals surface area contributed by atoms with Crippen molar-refractivity contribution in [2.45, 2.75) is 19.8 Å². The minimum Gasteiger partial charge on any atom is -0.481 e. The van der Waals surface area contributed by atoms with Crippen molar-refractivity contribution in [2.24, 2.45) is 5.92 Å². The molecule has 0 bridgehead atoms. The van der Waals surface area contributed by atoms with Crippen LogP contribution in [-0.2, 0) is 4.79 Å². The normalized spacial score (nSPS) is 12.8. The molecule has 0 aliphatic rings. The molecular formula is C10H19NO2. The van der Waals surface area contributed by atoms with Gasteiger partial charge in [-0.2, -0.15) is 0 Å². The monoisotopic (exact) mass is 185 g/mol. The highest BCUT2D eigenvalue weighted by Gasteiger charge is 2.12. The first-order chi connectivity index (χ1) is 6.07. The van der Waals surface area contributed by atoms with Crippen LogP contribution in [0, 0.1) is 5.92 Å². The molecule has 0 saturated carbocycles. The van der Waals surface area contributed by atoms with Gasteiger partial charge in [-0.15, -0.1) is 6.58 Å². The molecule has 1 unspecified atom stereocenters. The van der Waals surface area contributed by atoms with E-state index in [1.165, 1.54) is 0 Å². The van der Waals surface area contributed by atoms with Gasteiger partial charge in [-0.1, -0.05) is 13.0 Å². The summed E-state index contributed by atoms with van der Waals surface area (Å²) in [5, 5.41) is 8.66. The Hall–Kier alpha value is -0.830. The van der Waals surface area contributed by atoms with Crippen molar-refractivity contribution in [2.75, 3.05) is 20.1 Å². The quantitative estimate of drug-likeness (QED) is 0.484. The van der Waals surface area contributed by atoms with Crippen LogP contribution in [0.1, 0.15) is 19.8 Å². The molecule has 0 amide bonds. The van der Waals surface area contributed by atoms with E-state index in [0.717, 1.165) is 19.4 Å². The van der Waals surface area contributed by atoms with Gasteiger partial charge in [0.2, 0.25) is 0 Å². The van der Waals surface area contributed by atoms with Crippen molar-refractivity contribution in [3.05, 3.63) is 12.7 Å². The molecule has 0 rings (SSSR count). The lowest BCUT2D eigenvalue weighted by atomic mass is 10.1. The van der Waals surface area contributed by atoms with Crippen LogP contribution in [0.5, 0.6) is 0 Å². The Kier molecular flexibility index (Phi) is 6.24. The SMILES string of the molecule is C=CCCCN(C)CC(C)C(=O)O. The van der Waals surface area contributed by atoms with E-state index in [2.05, 4.69) is 6.58 Å². The predicted molar refractivity (Wildman–Crippen MR) is 53.7 cm³/mol. The molecule has 0 radical (unpaired) electrons. The van der Waals surface area contributed by atoms with Gasteiger partial charge in [0, 0.05) is 6.54 Å². The van der Waals surface area contributed by atoms with E-state index >= 15 is 0 Å². The molecule has 0 aliphatic carbocycles. The Morgan fingerprint density at radius 3 is 2.77 bits per heavy atom. The van der Waals surface area contributed by atoms with Crippen LogP contribution in [0.15, 0.2) is 12.7 Å². The van der Waals surface area contributed by atoms with Crippen LogP contribution in [0.3, 0.4) is 0 Å². The number of nitrogens with zero attached hydrogens (tertiary/aromatic N) is 1. The van der Waals surface area contributed by atoms with Crippen LogP contribution in [0.2, 0.25) is 0 Å². The van der Waals surface area contributed by atoms with Crippen LogP contribution in [0.25, 0.3) is 0 Å². The molecule has 0 aromatic carbocycles. The topological polar surface area (TPSA) is 40.5 Å². The molecule has 1 N–H and O–H groups in total. The summed E-state index contributed by atoms with van der Waals surface area (Å²) in [7, 11) is 1.95. The molecule has 0 fully saturated rings. The third kappa shape index (κ3) is 6.34. The van der Waals surface area contributed by atoms with Gasteiger partial charge in [-0.25, -0.2) is 0 Å². The summed E-state index contributed by atoms with van der Waals surface area (Å²) in [5.74, 6) is -1.01. The van der Waals surface area contributed by atoms with Crippen LogP contribution in [-0.4, -0.2) is 36.1 Å². The zero-order valence-electron chi connectivity index (χ0n) is 8.49. The molecule has 1 atom stereocenters. The number of allylic oxidation sites excluding steroid dienone is 1. The number of aliphatic carboxylic acids is 1. The minimum absolute atomic E-state index is 0.284. The van der Waals surface area contributed by atoms with Crippen LogP contribution < -0.4 is 0 Å². The van der Waals surface area contributed by atoms with Gasteiger partial charge < -0.3 is 10.0 Å². The molecule has 0 aliphatic heterocycles. The molecule has 0 heterocycles.